The molecule has 3 nitrogen and oxygen atoms in total. The fraction of sp³-hybridized carbons (Fsp3) is 0.233. The molecule has 0 saturated heterocycles. The summed E-state index contributed by atoms with van der Waals surface area (Å²) in [5.74, 6) is 0.336. The van der Waals surface area contributed by atoms with E-state index in [1.807, 2.05) is 24.3 Å². The molecule has 5 aromatic rings. The summed E-state index contributed by atoms with van der Waals surface area (Å²) < 4.78 is 5.29. The molecule has 5 rings (SSSR count). The number of rotatable bonds is 10. The maximum Gasteiger partial charge on any atom is 0.341 e. The van der Waals surface area contributed by atoms with E-state index < -0.39 is 5.97 Å². The summed E-state index contributed by atoms with van der Waals surface area (Å²) in [5, 5.41) is 8.88. The second-order valence-electron chi connectivity index (χ2n) is 13.9. The lowest BCUT2D eigenvalue weighted by Gasteiger charge is -2.20. The van der Waals surface area contributed by atoms with Gasteiger partial charge in [-0.05, 0) is 85.2 Å². The molecule has 1 N–H and O–H groups in total. The number of carboxylic acids is 1. The summed E-state index contributed by atoms with van der Waals surface area (Å²) in [7, 11) is 0. The molecule has 0 heterocycles. The number of hydrogen-bond donors (Lipinski definition) is 1. The average Bonchev–Trinajstić information content (AvgIpc) is 3.06. The number of carboxylic acid groups (broad SMARTS) is 1. The third-order valence-electron chi connectivity index (χ3n) is 8.24. The zero-order valence-corrected chi connectivity index (χ0v) is 29.0. The van der Waals surface area contributed by atoms with Crippen LogP contribution in [0.1, 0.15) is 63.8 Å². The van der Waals surface area contributed by atoms with Crippen molar-refractivity contribution in [3.8, 4) is 28.0 Å². The van der Waals surface area contributed by atoms with Gasteiger partial charge in [0, 0.05) is 10.6 Å². The molecule has 240 valence electrons. The van der Waals surface area contributed by atoms with Crippen LogP contribution in [0.25, 0.3) is 27.8 Å². The number of benzene rings is 5. The highest BCUT2D eigenvalue weighted by atomic mass is 32.2. The van der Waals surface area contributed by atoms with Gasteiger partial charge in [-0.15, -0.1) is 11.8 Å². The minimum atomic E-state index is -0.987. The predicted molar refractivity (Wildman–Crippen MR) is 199 cm³/mol. The molecule has 0 aliphatic rings. The van der Waals surface area contributed by atoms with Crippen molar-refractivity contribution in [2.75, 3.05) is 12.4 Å². The second kappa shape index (κ2) is 14.5. The molecule has 0 saturated carbocycles. The molecule has 0 spiro atoms. The highest BCUT2D eigenvalue weighted by Crippen LogP contribution is 2.33. The zero-order valence-electron chi connectivity index (χ0n) is 28.2. The van der Waals surface area contributed by atoms with Crippen molar-refractivity contribution in [3.05, 3.63) is 150 Å². The van der Waals surface area contributed by atoms with Crippen LogP contribution < -0.4 is 4.74 Å². The Morgan fingerprint density at radius 3 is 1.53 bits per heavy atom. The van der Waals surface area contributed by atoms with Gasteiger partial charge in [0.1, 0.15) is 5.75 Å². The summed E-state index contributed by atoms with van der Waals surface area (Å²) in [6, 6.07) is 43.0. The van der Waals surface area contributed by atoms with Gasteiger partial charge in [0.15, 0.2) is 6.61 Å². The first-order valence-corrected chi connectivity index (χ1v) is 17.1. The van der Waals surface area contributed by atoms with Gasteiger partial charge in [-0.3, -0.25) is 0 Å². The number of hydrogen-bond acceptors (Lipinski definition) is 3. The summed E-state index contributed by atoms with van der Waals surface area (Å²) in [4.78, 5) is 11.9. The monoisotopic (exact) mass is 640 g/mol. The Kier molecular flexibility index (Phi) is 10.4. The molecule has 0 unspecified atom stereocenters. The molecule has 0 amide bonds. The van der Waals surface area contributed by atoms with Crippen LogP contribution >= 0.6 is 11.8 Å². The summed E-state index contributed by atoms with van der Waals surface area (Å²) >= 11 is 1.73. The Morgan fingerprint density at radius 1 is 0.638 bits per heavy atom. The molecule has 0 radical (unpaired) electrons. The molecule has 4 heteroatoms. The molecule has 0 atom stereocenters. The SMILES string of the molecule is CC(C)(C)c1cccc(-c2ccc(C(=CCSc3ccc(OCC(=O)O)cc3)c3ccc(-c4cccc(C(C)(C)C)c4)cc3)cc2)c1. The molecule has 47 heavy (non-hydrogen) atoms. The van der Waals surface area contributed by atoms with E-state index in [-0.39, 0.29) is 17.4 Å². The number of carbonyl (C=O) groups is 1. The highest BCUT2D eigenvalue weighted by molar-refractivity contribution is 7.99. The number of aliphatic carboxylic acids is 1. The van der Waals surface area contributed by atoms with E-state index in [9.17, 15) is 4.79 Å². The van der Waals surface area contributed by atoms with Gasteiger partial charge >= 0.3 is 5.97 Å². The maximum atomic E-state index is 10.8. The number of thioether (sulfide) groups is 1. The quantitative estimate of drug-likeness (QED) is 0.154. The van der Waals surface area contributed by atoms with Crippen LogP contribution in [0, 0.1) is 0 Å². The van der Waals surface area contributed by atoms with Gasteiger partial charge in [-0.1, -0.05) is 145 Å². The topological polar surface area (TPSA) is 46.5 Å². The van der Waals surface area contributed by atoms with Crippen LogP contribution in [0.5, 0.6) is 5.75 Å². The molecule has 5 aromatic carbocycles. The molecular formula is C43H44O3S. The van der Waals surface area contributed by atoms with Crippen molar-refractivity contribution in [2.45, 2.75) is 57.3 Å². The first-order chi connectivity index (χ1) is 22.4. The Bertz CT molecular complexity index is 1730. The van der Waals surface area contributed by atoms with E-state index in [1.165, 1.54) is 50.1 Å². The summed E-state index contributed by atoms with van der Waals surface area (Å²) in [6.07, 6.45) is 2.30. The van der Waals surface area contributed by atoms with Gasteiger partial charge in [0.05, 0.1) is 0 Å². The Balaban J connectivity index is 1.42. The highest BCUT2D eigenvalue weighted by Gasteiger charge is 2.16. The fourth-order valence-corrected chi connectivity index (χ4v) is 6.19. The predicted octanol–water partition coefficient (Wildman–Crippen LogP) is 11.3. The van der Waals surface area contributed by atoms with Gasteiger partial charge in [0.25, 0.3) is 0 Å². The van der Waals surface area contributed by atoms with Crippen molar-refractivity contribution in [1.82, 2.24) is 0 Å². The van der Waals surface area contributed by atoms with E-state index in [2.05, 4.69) is 145 Å². The Morgan fingerprint density at radius 2 is 1.11 bits per heavy atom. The van der Waals surface area contributed by atoms with Crippen LogP contribution in [0.2, 0.25) is 0 Å². The summed E-state index contributed by atoms with van der Waals surface area (Å²) in [5.41, 5.74) is 11.2. The van der Waals surface area contributed by atoms with Crippen molar-refractivity contribution < 1.29 is 14.6 Å². The normalized spacial score (nSPS) is 11.6. The van der Waals surface area contributed by atoms with Crippen LogP contribution in [-0.4, -0.2) is 23.4 Å². The van der Waals surface area contributed by atoms with Crippen molar-refractivity contribution in [1.29, 1.82) is 0 Å². The molecule has 0 bridgehead atoms. The second-order valence-corrected chi connectivity index (χ2v) is 15.0. The maximum absolute atomic E-state index is 10.8. The van der Waals surface area contributed by atoms with Crippen LogP contribution in [-0.2, 0) is 15.6 Å². The van der Waals surface area contributed by atoms with Crippen molar-refractivity contribution in [2.24, 2.45) is 0 Å². The lowest BCUT2D eigenvalue weighted by Crippen LogP contribution is -2.10. The third kappa shape index (κ3) is 9.05. The lowest BCUT2D eigenvalue weighted by atomic mass is 9.85. The molecular weight excluding hydrogens is 597 g/mol. The average molecular weight is 641 g/mol. The van der Waals surface area contributed by atoms with Crippen LogP contribution in [0.4, 0.5) is 0 Å². The van der Waals surface area contributed by atoms with Crippen molar-refractivity contribution in [3.63, 3.8) is 0 Å². The fourth-order valence-electron chi connectivity index (χ4n) is 5.42. The van der Waals surface area contributed by atoms with Gasteiger partial charge < -0.3 is 9.84 Å². The lowest BCUT2D eigenvalue weighted by molar-refractivity contribution is -0.139. The third-order valence-corrected chi connectivity index (χ3v) is 9.18. The summed E-state index contributed by atoms with van der Waals surface area (Å²) in [6.45, 7) is 13.1. The van der Waals surface area contributed by atoms with E-state index in [4.69, 9.17) is 9.84 Å². The largest absolute Gasteiger partial charge is 0.482 e. The Labute approximate surface area is 284 Å². The zero-order chi connectivity index (χ0) is 33.6. The standard InChI is InChI=1S/C43H44O3S/c1-42(2,3)36-11-7-9-34(27-36)30-13-17-32(18-14-30)40(25-26-47-39-23-21-38(22-24-39)46-29-41(44)45)33-19-15-31(16-20-33)35-10-8-12-37(28-35)43(4,5)6/h7-25,27-28H,26,29H2,1-6H3,(H,44,45). The Hall–Kier alpha value is -4.54. The van der Waals surface area contributed by atoms with E-state index in [0.29, 0.717) is 5.75 Å². The molecule has 0 aliphatic carbocycles. The minimum absolute atomic E-state index is 0.0928. The first-order valence-electron chi connectivity index (χ1n) is 16.1. The van der Waals surface area contributed by atoms with Gasteiger partial charge in [-0.2, -0.15) is 0 Å². The molecule has 0 aliphatic heterocycles. The van der Waals surface area contributed by atoms with E-state index in [1.54, 1.807) is 11.8 Å². The molecule has 0 aromatic heterocycles. The van der Waals surface area contributed by atoms with Crippen LogP contribution in [0.3, 0.4) is 0 Å². The first kappa shape index (κ1) is 33.8. The van der Waals surface area contributed by atoms with E-state index in [0.717, 1.165) is 10.6 Å². The molecule has 0 fully saturated rings. The van der Waals surface area contributed by atoms with Crippen LogP contribution in [0.15, 0.2) is 132 Å². The smallest absolute Gasteiger partial charge is 0.341 e. The van der Waals surface area contributed by atoms with E-state index >= 15 is 0 Å². The number of ether oxygens (including phenoxy) is 1. The van der Waals surface area contributed by atoms with Gasteiger partial charge in [-0.25, -0.2) is 4.79 Å². The van der Waals surface area contributed by atoms with Crippen molar-refractivity contribution >= 4 is 23.3 Å². The van der Waals surface area contributed by atoms with Gasteiger partial charge in [0.2, 0.25) is 0 Å². The minimum Gasteiger partial charge on any atom is -0.482 e.